The van der Waals surface area contributed by atoms with Crippen LogP contribution < -0.4 is 10.5 Å². The van der Waals surface area contributed by atoms with E-state index in [1.807, 2.05) is 25.1 Å². The van der Waals surface area contributed by atoms with Crippen molar-refractivity contribution in [2.24, 2.45) is 5.73 Å². The molecule has 0 aromatic heterocycles. The number of hydrogen-bond donors (Lipinski definition) is 1. The Morgan fingerprint density at radius 1 is 1.30 bits per heavy atom. The summed E-state index contributed by atoms with van der Waals surface area (Å²) in [5.41, 5.74) is 8.92. The van der Waals surface area contributed by atoms with E-state index in [1.54, 1.807) is 19.2 Å². The lowest BCUT2D eigenvalue weighted by molar-refractivity contribution is 0.405. The molecule has 2 aromatic rings. The zero-order valence-electron chi connectivity index (χ0n) is 11.5. The minimum absolute atomic E-state index is 0.134. The summed E-state index contributed by atoms with van der Waals surface area (Å²) >= 11 is 5.97. The molecule has 0 radical (unpaired) electrons. The first-order chi connectivity index (χ1) is 9.52. The van der Waals surface area contributed by atoms with E-state index in [0.29, 0.717) is 12.0 Å². The lowest BCUT2D eigenvalue weighted by Crippen LogP contribution is -2.15. The number of halogens is 2. The lowest BCUT2D eigenvalue weighted by atomic mass is 9.97. The fourth-order valence-electron chi connectivity index (χ4n) is 2.20. The Hall–Kier alpha value is -1.58. The monoisotopic (exact) mass is 293 g/mol. The SMILES string of the molecule is COc1ccc(C)cc1C(N)Cc1cccc(F)c1Cl. The molecular formula is C16H17ClFNO. The van der Waals surface area contributed by atoms with Crippen molar-refractivity contribution in [3.8, 4) is 5.75 Å². The first-order valence-corrected chi connectivity index (χ1v) is 6.73. The van der Waals surface area contributed by atoms with Gasteiger partial charge in [0.15, 0.2) is 0 Å². The molecule has 0 heterocycles. The number of ether oxygens (including phenoxy) is 1. The van der Waals surface area contributed by atoms with Gasteiger partial charge in [0, 0.05) is 11.6 Å². The maximum absolute atomic E-state index is 13.4. The number of hydrogen-bond acceptors (Lipinski definition) is 2. The minimum Gasteiger partial charge on any atom is -0.496 e. The molecule has 0 aliphatic rings. The van der Waals surface area contributed by atoms with Crippen molar-refractivity contribution in [3.05, 3.63) is 63.9 Å². The summed E-state index contributed by atoms with van der Waals surface area (Å²) in [6.45, 7) is 1.99. The highest BCUT2D eigenvalue weighted by atomic mass is 35.5. The molecule has 0 aliphatic heterocycles. The van der Waals surface area contributed by atoms with E-state index in [1.165, 1.54) is 6.07 Å². The van der Waals surface area contributed by atoms with Gasteiger partial charge in [0.1, 0.15) is 11.6 Å². The summed E-state index contributed by atoms with van der Waals surface area (Å²) in [5, 5.41) is 0.134. The molecule has 0 bridgehead atoms. The molecule has 0 amide bonds. The average molecular weight is 294 g/mol. The molecule has 1 unspecified atom stereocenters. The van der Waals surface area contributed by atoms with E-state index < -0.39 is 5.82 Å². The predicted molar refractivity (Wildman–Crippen MR) is 79.8 cm³/mol. The van der Waals surface area contributed by atoms with Gasteiger partial charge in [-0.1, -0.05) is 41.4 Å². The Morgan fingerprint density at radius 3 is 2.75 bits per heavy atom. The normalized spacial score (nSPS) is 12.2. The molecule has 0 saturated carbocycles. The third kappa shape index (κ3) is 3.11. The molecule has 2 N–H and O–H groups in total. The fraction of sp³-hybridized carbons (Fsp3) is 0.250. The van der Waals surface area contributed by atoms with Crippen LogP contribution in [0.2, 0.25) is 5.02 Å². The maximum atomic E-state index is 13.4. The molecule has 0 fully saturated rings. The van der Waals surface area contributed by atoms with Crippen LogP contribution in [0, 0.1) is 12.7 Å². The quantitative estimate of drug-likeness (QED) is 0.923. The number of aryl methyl sites for hydroxylation is 1. The second-order valence-electron chi connectivity index (χ2n) is 4.77. The third-order valence-corrected chi connectivity index (χ3v) is 3.68. The van der Waals surface area contributed by atoms with Gasteiger partial charge >= 0.3 is 0 Å². The molecule has 0 saturated heterocycles. The predicted octanol–water partition coefficient (Wildman–Crippen LogP) is 4.04. The Balaban J connectivity index is 2.30. The van der Waals surface area contributed by atoms with Gasteiger partial charge in [-0.15, -0.1) is 0 Å². The summed E-state index contributed by atoms with van der Waals surface area (Å²) in [7, 11) is 1.61. The van der Waals surface area contributed by atoms with Crippen LogP contribution in [0.15, 0.2) is 36.4 Å². The van der Waals surface area contributed by atoms with Crippen molar-refractivity contribution in [1.82, 2.24) is 0 Å². The van der Waals surface area contributed by atoms with E-state index in [-0.39, 0.29) is 11.1 Å². The highest BCUT2D eigenvalue weighted by Gasteiger charge is 2.15. The fourth-order valence-corrected chi connectivity index (χ4v) is 2.40. The van der Waals surface area contributed by atoms with Crippen molar-refractivity contribution in [2.45, 2.75) is 19.4 Å². The number of benzene rings is 2. The van der Waals surface area contributed by atoms with E-state index in [9.17, 15) is 4.39 Å². The summed E-state index contributed by atoms with van der Waals surface area (Å²) in [6.07, 6.45) is 0.455. The molecule has 20 heavy (non-hydrogen) atoms. The van der Waals surface area contributed by atoms with Gasteiger partial charge in [0.25, 0.3) is 0 Å². The second-order valence-corrected chi connectivity index (χ2v) is 5.15. The molecule has 2 aromatic carbocycles. The van der Waals surface area contributed by atoms with Crippen LogP contribution in [0.3, 0.4) is 0 Å². The van der Waals surface area contributed by atoms with Gasteiger partial charge in [-0.05, 0) is 31.0 Å². The van der Waals surface area contributed by atoms with E-state index in [0.717, 1.165) is 16.9 Å². The van der Waals surface area contributed by atoms with Crippen molar-refractivity contribution in [2.75, 3.05) is 7.11 Å². The van der Waals surface area contributed by atoms with Gasteiger partial charge in [0.05, 0.1) is 12.1 Å². The molecule has 0 spiro atoms. The van der Waals surface area contributed by atoms with Crippen LogP contribution in [-0.4, -0.2) is 7.11 Å². The lowest BCUT2D eigenvalue weighted by Gasteiger charge is -2.17. The standard InChI is InChI=1S/C16H17ClFNO/c1-10-6-7-15(20-2)12(8-10)14(19)9-11-4-3-5-13(18)16(11)17/h3-8,14H,9,19H2,1-2H3. The van der Waals surface area contributed by atoms with Gasteiger partial charge < -0.3 is 10.5 Å². The van der Waals surface area contributed by atoms with Crippen LogP contribution in [0.1, 0.15) is 22.7 Å². The summed E-state index contributed by atoms with van der Waals surface area (Å²) < 4.78 is 18.8. The number of methoxy groups -OCH3 is 1. The first kappa shape index (κ1) is 14.8. The van der Waals surface area contributed by atoms with Gasteiger partial charge in [-0.3, -0.25) is 0 Å². The first-order valence-electron chi connectivity index (χ1n) is 6.36. The molecular weight excluding hydrogens is 277 g/mol. The van der Waals surface area contributed by atoms with Crippen LogP contribution in [0.4, 0.5) is 4.39 Å². The molecule has 4 heteroatoms. The highest BCUT2D eigenvalue weighted by molar-refractivity contribution is 6.31. The third-order valence-electron chi connectivity index (χ3n) is 3.26. The van der Waals surface area contributed by atoms with Crippen molar-refractivity contribution < 1.29 is 9.13 Å². The largest absolute Gasteiger partial charge is 0.496 e. The zero-order chi connectivity index (χ0) is 14.7. The highest BCUT2D eigenvalue weighted by Crippen LogP contribution is 2.29. The minimum atomic E-state index is -0.424. The Bertz CT molecular complexity index is 615. The molecule has 106 valence electrons. The molecule has 1 atom stereocenters. The topological polar surface area (TPSA) is 35.2 Å². The van der Waals surface area contributed by atoms with Gasteiger partial charge in [-0.2, -0.15) is 0 Å². The molecule has 0 aliphatic carbocycles. The number of nitrogens with two attached hydrogens (primary N) is 1. The smallest absolute Gasteiger partial charge is 0.142 e. The van der Waals surface area contributed by atoms with Crippen LogP contribution in [0.5, 0.6) is 5.75 Å². The van der Waals surface area contributed by atoms with E-state index >= 15 is 0 Å². The Labute approximate surface area is 123 Å². The Morgan fingerprint density at radius 2 is 2.05 bits per heavy atom. The summed E-state index contributed by atoms with van der Waals surface area (Å²) in [4.78, 5) is 0. The van der Waals surface area contributed by atoms with E-state index in [2.05, 4.69) is 0 Å². The van der Waals surface area contributed by atoms with Crippen molar-refractivity contribution in [3.63, 3.8) is 0 Å². The summed E-state index contributed by atoms with van der Waals surface area (Å²) in [5.74, 6) is 0.309. The molecule has 2 nitrogen and oxygen atoms in total. The zero-order valence-corrected chi connectivity index (χ0v) is 12.2. The van der Waals surface area contributed by atoms with Crippen LogP contribution >= 0.6 is 11.6 Å². The van der Waals surface area contributed by atoms with Crippen molar-refractivity contribution >= 4 is 11.6 Å². The van der Waals surface area contributed by atoms with Crippen LogP contribution in [0.25, 0.3) is 0 Å². The van der Waals surface area contributed by atoms with Gasteiger partial charge in [-0.25, -0.2) is 4.39 Å². The van der Waals surface area contributed by atoms with Gasteiger partial charge in [0.2, 0.25) is 0 Å². The molecule has 2 rings (SSSR count). The number of rotatable bonds is 4. The Kier molecular flexibility index (Phi) is 4.63. The van der Waals surface area contributed by atoms with Crippen molar-refractivity contribution in [1.29, 1.82) is 0 Å². The summed E-state index contributed by atoms with van der Waals surface area (Å²) in [6, 6.07) is 10.3. The van der Waals surface area contributed by atoms with E-state index in [4.69, 9.17) is 22.1 Å². The average Bonchev–Trinajstić information content (AvgIpc) is 2.43. The second kappa shape index (κ2) is 6.25. The maximum Gasteiger partial charge on any atom is 0.142 e. The van der Waals surface area contributed by atoms with Crippen LogP contribution in [-0.2, 0) is 6.42 Å².